The Labute approximate surface area is 130 Å². The molecule has 1 aromatic rings. The molecule has 0 aliphatic carbocycles. The third-order valence-electron chi connectivity index (χ3n) is 3.51. The highest BCUT2D eigenvalue weighted by atomic mass is 32.2. The SMILES string of the molecule is CN(C)S(=O)(=O)c1ccc2c(c1)CC(C(=O)O)C(C(F)(F)F)O2. The van der Waals surface area contributed by atoms with Crippen LogP contribution in [0.3, 0.4) is 0 Å². The number of aliphatic carboxylic acids is 1. The Kier molecular flexibility index (Phi) is 4.33. The number of benzene rings is 1. The summed E-state index contributed by atoms with van der Waals surface area (Å²) in [7, 11) is -1.16. The average Bonchev–Trinajstić information content (AvgIpc) is 2.43. The molecule has 2 rings (SSSR count). The number of alkyl halides is 3. The zero-order valence-electron chi connectivity index (χ0n) is 12.2. The quantitative estimate of drug-likeness (QED) is 0.890. The van der Waals surface area contributed by atoms with E-state index in [4.69, 9.17) is 9.84 Å². The lowest BCUT2D eigenvalue weighted by Crippen LogP contribution is -2.47. The van der Waals surface area contributed by atoms with Crippen molar-refractivity contribution in [2.45, 2.75) is 23.6 Å². The van der Waals surface area contributed by atoms with E-state index in [9.17, 15) is 26.4 Å². The summed E-state index contributed by atoms with van der Waals surface area (Å²) in [6.45, 7) is 0. The van der Waals surface area contributed by atoms with Gasteiger partial charge in [-0.1, -0.05) is 0 Å². The van der Waals surface area contributed by atoms with E-state index in [-0.39, 0.29) is 16.2 Å². The Balaban J connectivity index is 2.47. The summed E-state index contributed by atoms with van der Waals surface area (Å²) < 4.78 is 68.6. The van der Waals surface area contributed by atoms with Crippen molar-refractivity contribution in [1.29, 1.82) is 0 Å². The molecule has 1 aliphatic rings. The molecule has 6 nitrogen and oxygen atoms in total. The number of fused-ring (bicyclic) bond motifs is 1. The minimum absolute atomic E-state index is 0.112. The van der Waals surface area contributed by atoms with Crippen LogP contribution in [0.25, 0.3) is 0 Å². The molecule has 0 aromatic heterocycles. The minimum atomic E-state index is -4.84. The summed E-state index contributed by atoms with van der Waals surface area (Å²) in [5, 5.41) is 9.01. The number of sulfonamides is 1. The van der Waals surface area contributed by atoms with Crippen LogP contribution in [0.15, 0.2) is 23.1 Å². The summed E-state index contributed by atoms with van der Waals surface area (Å²) in [6, 6.07) is 3.39. The third kappa shape index (κ3) is 3.27. The van der Waals surface area contributed by atoms with Gasteiger partial charge in [-0.2, -0.15) is 13.2 Å². The molecule has 23 heavy (non-hydrogen) atoms. The lowest BCUT2D eigenvalue weighted by Gasteiger charge is -2.32. The molecule has 128 valence electrons. The number of carboxylic acid groups (broad SMARTS) is 1. The number of hydrogen-bond donors (Lipinski definition) is 1. The first-order valence-electron chi connectivity index (χ1n) is 6.46. The Morgan fingerprint density at radius 3 is 2.43 bits per heavy atom. The van der Waals surface area contributed by atoms with E-state index in [2.05, 4.69) is 0 Å². The van der Waals surface area contributed by atoms with Crippen molar-refractivity contribution >= 4 is 16.0 Å². The van der Waals surface area contributed by atoms with Gasteiger partial charge >= 0.3 is 12.1 Å². The van der Waals surface area contributed by atoms with Crippen molar-refractivity contribution < 1.29 is 36.2 Å². The van der Waals surface area contributed by atoms with Gasteiger partial charge in [0.15, 0.2) is 0 Å². The summed E-state index contributed by atoms with van der Waals surface area (Å²) >= 11 is 0. The molecule has 0 bridgehead atoms. The van der Waals surface area contributed by atoms with Crippen molar-refractivity contribution in [3.05, 3.63) is 23.8 Å². The first-order valence-corrected chi connectivity index (χ1v) is 7.90. The van der Waals surface area contributed by atoms with Gasteiger partial charge in [0, 0.05) is 14.1 Å². The average molecular weight is 353 g/mol. The number of hydrogen-bond acceptors (Lipinski definition) is 4. The van der Waals surface area contributed by atoms with E-state index in [0.29, 0.717) is 0 Å². The van der Waals surface area contributed by atoms with Gasteiger partial charge in [-0.15, -0.1) is 0 Å². The maximum Gasteiger partial charge on any atom is 0.426 e. The first-order chi connectivity index (χ1) is 10.4. The number of carboxylic acids is 1. The van der Waals surface area contributed by atoms with E-state index in [1.165, 1.54) is 14.1 Å². The lowest BCUT2D eigenvalue weighted by molar-refractivity contribution is -0.217. The maximum absolute atomic E-state index is 12.9. The minimum Gasteiger partial charge on any atom is -0.481 e. The van der Waals surface area contributed by atoms with Crippen LogP contribution in [0.2, 0.25) is 0 Å². The van der Waals surface area contributed by atoms with Crippen LogP contribution in [0.1, 0.15) is 5.56 Å². The van der Waals surface area contributed by atoms with Gasteiger partial charge in [0.05, 0.1) is 4.90 Å². The molecule has 0 saturated heterocycles. The van der Waals surface area contributed by atoms with Crippen LogP contribution in [-0.4, -0.2) is 50.2 Å². The van der Waals surface area contributed by atoms with Gasteiger partial charge in [0.25, 0.3) is 0 Å². The zero-order valence-corrected chi connectivity index (χ0v) is 13.0. The summed E-state index contributed by atoms with van der Waals surface area (Å²) in [5.41, 5.74) is 0.112. The molecule has 0 radical (unpaired) electrons. The van der Waals surface area contributed by atoms with Crippen LogP contribution in [0.4, 0.5) is 13.2 Å². The molecule has 1 heterocycles. The van der Waals surface area contributed by atoms with Gasteiger partial charge in [-0.3, -0.25) is 4.79 Å². The first kappa shape index (κ1) is 17.5. The van der Waals surface area contributed by atoms with Crippen molar-refractivity contribution in [1.82, 2.24) is 4.31 Å². The van der Waals surface area contributed by atoms with E-state index in [1.807, 2.05) is 0 Å². The fraction of sp³-hybridized carbons (Fsp3) is 0.462. The highest BCUT2D eigenvalue weighted by Gasteiger charge is 2.52. The summed E-state index contributed by atoms with van der Waals surface area (Å²) in [4.78, 5) is 11.0. The summed E-state index contributed by atoms with van der Waals surface area (Å²) in [5.74, 6) is -3.65. The van der Waals surface area contributed by atoms with Gasteiger partial charge in [-0.05, 0) is 30.2 Å². The highest BCUT2D eigenvalue weighted by Crippen LogP contribution is 2.39. The van der Waals surface area contributed by atoms with Crippen LogP contribution >= 0.6 is 0 Å². The van der Waals surface area contributed by atoms with Gasteiger partial charge < -0.3 is 9.84 Å². The second kappa shape index (κ2) is 5.68. The predicted molar refractivity (Wildman–Crippen MR) is 72.6 cm³/mol. The molecule has 0 spiro atoms. The van der Waals surface area contributed by atoms with Crippen molar-refractivity contribution in [2.75, 3.05) is 14.1 Å². The normalized spacial score (nSPS) is 21.7. The Morgan fingerprint density at radius 2 is 1.96 bits per heavy atom. The summed E-state index contributed by atoms with van der Waals surface area (Å²) in [6.07, 6.45) is -7.77. The number of nitrogens with zero attached hydrogens (tertiary/aromatic N) is 1. The monoisotopic (exact) mass is 353 g/mol. The molecular weight excluding hydrogens is 339 g/mol. The molecule has 2 unspecified atom stereocenters. The number of halogens is 3. The lowest BCUT2D eigenvalue weighted by atomic mass is 9.90. The molecule has 10 heteroatoms. The van der Waals surface area contributed by atoms with Gasteiger partial charge in [0.2, 0.25) is 16.1 Å². The number of ether oxygens (including phenoxy) is 1. The second-order valence-corrected chi connectivity index (χ2v) is 7.44. The van der Waals surface area contributed by atoms with Crippen LogP contribution in [-0.2, 0) is 21.2 Å². The van der Waals surface area contributed by atoms with Crippen LogP contribution in [0, 0.1) is 5.92 Å². The van der Waals surface area contributed by atoms with Crippen molar-refractivity contribution in [3.8, 4) is 5.75 Å². The second-order valence-electron chi connectivity index (χ2n) is 5.29. The largest absolute Gasteiger partial charge is 0.481 e. The zero-order chi connectivity index (χ0) is 17.6. The maximum atomic E-state index is 12.9. The molecule has 0 fully saturated rings. The standard InChI is InChI=1S/C13H14F3NO5S/c1-17(2)23(20,21)8-3-4-10-7(5-8)6-9(12(18)19)11(22-10)13(14,15)16/h3-5,9,11H,6H2,1-2H3,(H,18,19). The fourth-order valence-corrected chi connectivity index (χ4v) is 3.23. The molecule has 1 N–H and O–H groups in total. The molecular formula is C13H14F3NO5S. The predicted octanol–water partition coefficient (Wildman–Crippen LogP) is 1.50. The molecule has 1 aromatic carbocycles. The molecule has 1 aliphatic heterocycles. The van der Waals surface area contributed by atoms with Crippen LogP contribution < -0.4 is 4.74 Å². The van der Waals surface area contributed by atoms with E-state index < -0.39 is 40.6 Å². The van der Waals surface area contributed by atoms with Crippen LogP contribution in [0.5, 0.6) is 5.75 Å². The Hall–Kier alpha value is -1.81. The van der Waals surface area contributed by atoms with Gasteiger partial charge in [-0.25, -0.2) is 12.7 Å². The number of rotatable bonds is 3. The van der Waals surface area contributed by atoms with Crippen molar-refractivity contribution in [3.63, 3.8) is 0 Å². The van der Waals surface area contributed by atoms with Gasteiger partial charge in [0.1, 0.15) is 11.7 Å². The number of carbonyl (C=O) groups is 1. The Bertz CT molecular complexity index is 730. The van der Waals surface area contributed by atoms with E-state index in [1.54, 1.807) is 0 Å². The third-order valence-corrected chi connectivity index (χ3v) is 5.32. The smallest absolute Gasteiger partial charge is 0.426 e. The Morgan fingerprint density at radius 1 is 1.35 bits per heavy atom. The molecule has 2 atom stereocenters. The van der Waals surface area contributed by atoms with Crippen molar-refractivity contribution in [2.24, 2.45) is 5.92 Å². The van der Waals surface area contributed by atoms with E-state index >= 15 is 0 Å². The highest BCUT2D eigenvalue weighted by molar-refractivity contribution is 7.89. The fourth-order valence-electron chi connectivity index (χ4n) is 2.28. The van der Waals surface area contributed by atoms with E-state index in [0.717, 1.165) is 22.5 Å². The molecule has 0 amide bonds. The molecule has 0 saturated carbocycles. The topological polar surface area (TPSA) is 83.9 Å².